The zero-order chi connectivity index (χ0) is 8.27. The van der Waals surface area contributed by atoms with Gasteiger partial charge in [0.05, 0.1) is 12.7 Å². The van der Waals surface area contributed by atoms with Crippen LogP contribution in [0.3, 0.4) is 0 Å². The SMILES string of the molecule is C=C1CCC(COC(C)C)N1. The molecule has 0 amide bonds. The highest BCUT2D eigenvalue weighted by atomic mass is 16.5. The molecule has 1 saturated heterocycles. The summed E-state index contributed by atoms with van der Waals surface area (Å²) in [4.78, 5) is 0. The Kier molecular flexibility index (Phi) is 2.94. The van der Waals surface area contributed by atoms with Gasteiger partial charge in [-0.25, -0.2) is 0 Å². The molecule has 0 bridgehead atoms. The maximum absolute atomic E-state index is 5.47. The van der Waals surface area contributed by atoms with Crippen molar-refractivity contribution in [1.82, 2.24) is 5.32 Å². The van der Waals surface area contributed by atoms with Gasteiger partial charge in [0, 0.05) is 11.7 Å². The Balaban J connectivity index is 2.13. The lowest BCUT2D eigenvalue weighted by Crippen LogP contribution is -2.27. The third kappa shape index (κ3) is 2.93. The molecule has 1 aliphatic heterocycles. The van der Waals surface area contributed by atoms with Crippen molar-refractivity contribution in [3.05, 3.63) is 12.3 Å². The number of nitrogens with one attached hydrogen (secondary N) is 1. The van der Waals surface area contributed by atoms with Crippen LogP contribution in [0.25, 0.3) is 0 Å². The van der Waals surface area contributed by atoms with Gasteiger partial charge in [0.25, 0.3) is 0 Å². The smallest absolute Gasteiger partial charge is 0.0671 e. The molecule has 0 aromatic carbocycles. The molecule has 1 fully saturated rings. The summed E-state index contributed by atoms with van der Waals surface area (Å²) in [5, 5.41) is 3.29. The van der Waals surface area contributed by atoms with Crippen LogP contribution in [0.2, 0.25) is 0 Å². The summed E-state index contributed by atoms with van der Waals surface area (Å²) in [6, 6.07) is 0.505. The van der Waals surface area contributed by atoms with Crippen molar-refractivity contribution in [3.8, 4) is 0 Å². The molecule has 1 atom stereocenters. The predicted molar refractivity (Wildman–Crippen MR) is 46.4 cm³/mol. The lowest BCUT2D eigenvalue weighted by atomic mass is 10.2. The van der Waals surface area contributed by atoms with E-state index in [0.717, 1.165) is 18.7 Å². The monoisotopic (exact) mass is 155 g/mol. The van der Waals surface area contributed by atoms with Crippen molar-refractivity contribution in [1.29, 1.82) is 0 Å². The Morgan fingerprint density at radius 3 is 2.91 bits per heavy atom. The minimum Gasteiger partial charge on any atom is -0.384 e. The highest BCUT2D eigenvalue weighted by Gasteiger charge is 2.16. The molecule has 1 aliphatic rings. The fourth-order valence-electron chi connectivity index (χ4n) is 1.22. The molecule has 64 valence electrons. The van der Waals surface area contributed by atoms with Crippen molar-refractivity contribution in [2.75, 3.05) is 6.61 Å². The summed E-state index contributed by atoms with van der Waals surface area (Å²) in [5.74, 6) is 0. The van der Waals surface area contributed by atoms with Crippen molar-refractivity contribution < 1.29 is 4.74 Å². The van der Waals surface area contributed by atoms with Crippen molar-refractivity contribution in [2.24, 2.45) is 0 Å². The van der Waals surface area contributed by atoms with E-state index < -0.39 is 0 Å². The molecule has 2 nitrogen and oxygen atoms in total. The first kappa shape index (κ1) is 8.60. The summed E-state index contributed by atoms with van der Waals surface area (Å²) >= 11 is 0. The van der Waals surface area contributed by atoms with Crippen LogP contribution in [0, 0.1) is 0 Å². The number of allylic oxidation sites excluding steroid dienone is 1. The van der Waals surface area contributed by atoms with Gasteiger partial charge >= 0.3 is 0 Å². The van der Waals surface area contributed by atoms with Gasteiger partial charge in [0.15, 0.2) is 0 Å². The van der Waals surface area contributed by atoms with Gasteiger partial charge < -0.3 is 10.1 Å². The predicted octanol–water partition coefficient (Wildman–Crippen LogP) is 1.68. The maximum atomic E-state index is 5.47. The second-order valence-electron chi connectivity index (χ2n) is 3.37. The largest absolute Gasteiger partial charge is 0.384 e. The molecular formula is C9H17NO. The molecule has 1 N–H and O–H groups in total. The van der Waals surface area contributed by atoms with E-state index in [1.54, 1.807) is 0 Å². The Labute approximate surface area is 68.6 Å². The van der Waals surface area contributed by atoms with Crippen LogP contribution in [0.4, 0.5) is 0 Å². The topological polar surface area (TPSA) is 21.3 Å². The molecule has 1 heterocycles. The average Bonchev–Trinajstić information content (AvgIpc) is 2.31. The van der Waals surface area contributed by atoms with Gasteiger partial charge in [-0.2, -0.15) is 0 Å². The fraction of sp³-hybridized carbons (Fsp3) is 0.778. The van der Waals surface area contributed by atoms with Crippen LogP contribution in [0.5, 0.6) is 0 Å². The molecule has 0 spiro atoms. The van der Waals surface area contributed by atoms with Crippen LogP contribution in [0.1, 0.15) is 26.7 Å². The van der Waals surface area contributed by atoms with E-state index in [-0.39, 0.29) is 0 Å². The minimum atomic E-state index is 0.339. The summed E-state index contributed by atoms with van der Waals surface area (Å²) in [7, 11) is 0. The van der Waals surface area contributed by atoms with Crippen LogP contribution >= 0.6 is 0 Å². The second-order valence-corrected chi connectivity index (χ2v) is 3.37. The quantitative estimate of drug-likeness (QED) is 0.669. The van der Waals surface area contributed by atoms with E-state index in [1.807, 2.05) is 0 Å². The van der Waals surface area contributed by atoms with E-state index in [0.29, 0.717) is 12.1 Å². The van der Waals surface area contributed by atoms with Crippen LogP contribution in [-0.4, -0.2) is 18.8 Å². The van der Waals surface area contributed by atoms with Gasteiger partial charge in [0.2, 0.25) is 0 Å². The molecule has 0 aromatic heterocycles. The number of rotatable bonds is 3. The van der Waals surface area contributed by atoms with Gasteiger partial charge in [-0.05, 0) is 26.7 Å². The molecular weight excluding hydrogens is 138 g/mol. The molecule has 11 heavy (non-hydrogen) atoms. The van der Waals surface area contributed by atoms with Crippen LogP contribution in [-0.2, 0) is 4.74 Å². The first-order valence-electron chi connectivity index (χ1n) is 4.24. The first-order valence-corrected chi connectivity index (χ1v) is 4.24. The average molecular weight is 155 g/mol. The summed E-state index contributed by atoms with van der Waals surface area (Å²) in [5.41, 5.74) is 1.15. The molecule has 0 saturated carbocycles. The summed E-state index contributed by atoms with van der Waals surface area (Å²) in [6.07, 6.45) is 2.61. The molecule has 1 rings (SSSR count). The Morgan fingerprint density at radius 1 is 1.73 bits per heavy atom. The third-order valence-corrected chi connectivity index (χ3v) is 1.83. The van der Waals surface area contributed by atoms with E-state index in [2.05, 4.69) is 25.7 Å². The van der Waals surface area contributed by atoms with E-state index in [1.165, 1.54) is 6.42 Å². The normalized spacial score (nSPS) is 24.3. The zero-order valence-electron chi connectivity index (χ0n) is 7.39. The number of ether oxygens (including phenoxy) is 1. The maximum Gasteiger partial charge on any atom is 0.0671 e. The van der Waals surface area contributed by atoms with Crippen LogP contribution in [0.15, 0.2) is 12.3 Å². The zero-order valence-corrected chi connectivity index (χ0v) is 7.39. The molecule has 2 heteroatoms. The Bertz CT molecular complexity index is 142. The second kappa shape index (κ2) is 3.77. The standard InChI is InChI=1S/C9H17NO/c1-7(2)11-6-9-5-4-8(3)10-9/h7,9-10H,3-6H2,1-2H3. The van der Waals surface area contributed by atoms with Gasteiger partial charge in [-0.3, -0.25) is 0 Å². The van der Waals surface area contributed by atoms with Crippen molar-refractivity contribution in [2.45, 2.75) is 38.8 Å². The molecule has 0 radical (unpaired) electrons. The molecule has 0 aliphatic carbocycles. The minimum absolute atomic E-state index is 0.339. The summed E-state index contributed by atoms with van der Waals surface area (Å²) in [6.45, 7) is 8.80. The van der Waals surface area contributed by atoms with Crippen LogP contribution < -0.4 is 5.32 Å². The van der Waals surface area contributed by atoms with Gasteiger partial charge in [-0.1, -0.05) is 6.58 Å². The van der Waals surface area contributed by atoms with Gasteiger partial charge in [-0.15, -0.1) is 0 Å². The highest BCUT2D eigenvalue weighted by molar-refractivity contribution is 5.00. The lowest BCUT2D eigenvalue weighted by molar-refractivity contribution is 0.0654. The van der Waals surface area contributed by atoms with Crippen molar-refractivity contribution in [3.63, 3.8) is 0 Å². The van der Waals surface area contributed by atoms with E-state index >= 15 is 0 Å². The molecule has 1 unspecified atom stereocenters. The lowest BCUT2D eigenvalue weighted by Gasteiger charge is -2.13. The number of hydrogen-bond donors (Lipinski definition) is 1. The van der Waals surface area contributed by atoms with E-state index in [4.69, 9.17) is 4.74 Å². The fourth-order valence-corrected chi connectivity index (χ4v) is 1.22. The number of hydrogen-bond acceptors (Lipinski definition) is 2. The highest BCUT2D eigenvalue weighted by Crippen LogP contribution is 2.13. The van der Waals surface area contributed by atoms with Gasteiger partial charge in [0.1, 0.15) is 0 Å². The Morgan fingerprint density at radius 2 is 2.45 bits per heavy atom. The summed E-state index contributed by atoms with van der Waals surface area (Å²) < 4.78 is 5.47. The third-order valence-electron chi connectivity index (χ3n) is 1.83. The first-order chi connectivity index (χ1) is 5.18. The van der Waals surface area contributed by atoms with E-state index in [9.17, 15) is 0 Å². The Hall–Kier alpha value is -0.500. The van der Waals surface area contributed by atoms with Crippen molar-refractivity contribution >= 4 is 0 Å². The molecule has 0 aromatic rings.